The molecule has 33 heavy (non-hydrogen) atoms. The monoisotopic (exact) mass is 451 g/mol. The first-order valence-corrected chi connectivity index (χ1v) is 11.6. The SMILES string of the molecule is CC(C)=CCN(CCCNC(=O)CCC(C)C(N)=O)c1ccc(OCc2ccccc2)cc1. The summed E-state index contributed by atoms with van der Waals surface area (Å²) in [6, 6.07) is 18.2. The highest BCUT2D eigenvalue weighted by molar-refractivity contribution is 5.79. The minimum Gasteiger partial charge on any atom is -0.489 e. The third kappa shape index (κ3) is 10.3. The van der Waals surface area contributed by atoms with Crippen LogP contribution in [0, 0.1) is 5.92 Å². The lowest BCUT2D eigenvalue weighted by atomic mass is 10.1. The summed E-state index contributed by atoms with van der Waals surface area (Å²) in [6.07, 6.45) is 3.81. The first-order chi connectivity index (χ1) is 15.8. The number of nitrogens with one attached hydrogen (secondary N) is 1. The number of carbonyl (C=O) groups excluding carboxylic acids is 2. The number of anilines is 1. The average Bonchev–Trinajstić information content (AvgIpc) is 2.81. The molecule has 3 N–H and O–H groups in total. The van der Waals surface area contributed by atoms with Crippen LogP contribution in [0.1, 0.15) is 45.6 Å². The molecule has 0 bridgehead atoms. The molecule has 0 spiro atoms. The highest BCUT2D eigenvalue weighted by Gasteiger charge is 2.11. The Morgan fingerprint density at radius 3 is 2.42 bits per heavy atom. The lowest BCUT2D eigenvalue weighted by Crippen LogP contribution is -2.31. The van der Waals surface area contributed by atoms with E-state index in [9.17, 15) is 9.59 Å². The van der Waals surface area contributed by atoms with Crippen molar-refractivity contribution < 1.29 is 14.3 Å². The molecule has 2 amide bonds. The van der Waals surface area contributed by atoms with E-state index in [1.165, 1.54) is 5.57 Å². The number of allylic oxidation sites excluding steroid dienone is 1. The van der Waals surface area contributed by atoms with Crippen molar-refractivity contribution in [1.29, 1.82) is 0 Å². The fourth-order valence-electron chi connectivity index (χ4n) is 3.19. The molecule has 0 aliphatic heterocycles. The van der Waals surface area contributed by atoms with Crippen LogP contribution in [0.25, 0.3) is 0 Å². The van der Waals surface area contributed by atoms with Crippen molar-refractivity contribution in [3.05, 3.63) is 71.8 Å². The molecule has 0 aliphatic carbocycles. The summed E-state index contributed by atoms with van der Waals surface area (Å²) in [4.78, 5) is 25.4. The summed E-state index contributed by atoms with van der Waals surface area (Å²) < 4.78 is 5.90. The first-order valence-electron chi connectivity index (χ1n) is 11.6. The molecule has 2 aromatic rings. The zero-order chi connectivity index (χ0) is 24.1. The Morgan fingerprint density at radius 2 is 1.79 bits per heavy atom. The van der Waals surface area contributed by atoms with Gasteiger partial charge in [-0.25, -0.2) is 0 Å². The molecule has 6 nitrogen and oxygen atoms in total. The standard InChI is InChI=1S/C27H37N3O3/c1-21(2)16-19-30(18-7-17-29-26(31)15-10-22(3)27(28)32)24-11-13-25(14-12-24)33-20-23-8-5-4-6-9-23/h4-6,8-9,11-14,16,22H,7,10,15,17-20H2,1-3H3,(H2,28,32)(H,29,31). The Kier molecular flexibility index (Phi) is 11.0. The summed E-state index contributed by atoms with van der Waals surface area (Å²) >= 11 is 0. The molecule has 0 saturated heterocycles. The van der Waals surface area contributed by atoms with Gasteiger partial charge in [-0.2, -0.15) is 0 Å². The topological polar surface area (TPSA) is 84.7 Å². The Balaban J connectivity index is 1.84. The van der Waals surface area contributed by atoms with E-state index in [1.807, 2.05) is 42.5 Å². The summed E-state index contributed by atoms with van der Waals surface area (Å²) in [6.45, 7) is 8.67. The number of nitrogens with two attached hydrogens (primary N) is 1. The molecule has 178 valence electrons. The van der Waals surface area contributed by atoms with Crippen LogP contribution < -0.4 is 20.7 Å². The predicted molar refractivity (Wildman–Crippen MR) is 134 cm³/mol. The fourth-order valence-corrected chi connectivity index (χ4v) is 3.19. The number of primary amides is 1. The van der Waals surface area contributed by atoms with Gasteiger partial charge >= 0.3 is 0 Å². The molecule has 1 unspecified atom stereocenters. The summed E-state index contributed by atoms with van der Waals surface area (Å²) in [5, 5.41) is 2.94. The minimum absolute atomic E-state index is 0.0427. The van der Waals surface area contributed by atoms with Gasteiger partial charge in [0, 0.05) is 37.7 Å². The van der Waals surface area contributed by atoms with Crippen molar-refractivity contribution in [3.8, 4) is 5.75 Å². The van der Waals surface area contributed by atoms with Gasteiger partial charge in [0.15, 0.2) is 0 Å². The van der Waals surface area contributed by atoms with Crippen LogP contribution in [0.5, 0.6) is 5.75 Å². The van der Waals surface area contributed by atoms with E-state index in [0.717, 1.165) is 36.5 Å². The Morgan fingerprint density at radius 1 is 1.09 bits per heavy atom. The van der Waals surface area contributed by atoms with Gasteiger partial charge in [0.2, 0.25) is 11.8 Å². The molecule has 0 radical (unpaired) electrons. The van der Waals surface area contributed by atoms with Crippen LogP contribution >= 0.6 is 0 Å². The van der Waals surface area contributed by atoms with E-state index in [2.05, 4.69) is 42.3 Å². The van der Waals surface area contributed by atoms with Gasteiger partial charge < -0.3 is 20.7 Å². The van der Waals surface area contributed by atoms with E-state index in [1.54, 1.807) is 6.92 Å². The van der Waals surface area contributed by atoms with Gasteiger partial charge in [0.25, 0.3) is 0 Å². The lowest BCUT2D eigenvalue weighted by Gasteiger charge is -2.24. The van der Waals surface area contributed by atoms with Crippen molar-refractivity contribution in [1.82, 2.24) is 5.32 Å². The largest absolute Gasteiger partial charge is 0.489 e. The van der Waals surface area contributed by atoms with Gasteiger partial charge in [0.05, 0.1) is 0 Å². The Hall–Kier alpha value is -3.28. The zero-order valence-corrected chi connectivity index (χ0v) is 20.0. The number of nitrogens with zero attached hydrogens (tertiary/aromatic N) is 1. The maximum absolute atomic E-state index is 12.0. The predicted octanol–water partition coefficient (Wildman–Crippen LogP) is 4.45. The highest BCUT2D eigenvalue weighted by Crippen LogP contribution is 2.21. The number of hydrogen-bond acceptors (Lipinski definition) is 4. The highest BCUT2D eigenvalue weighted by atomic mass is 16.5. The van der Waals surface area contributed by atoms with Gasteiger partial charge in [-0.3, -0.25) is 9.59 Å². The number of carbonyl (C=O) groups is 2. The van der Waals surface area contributed by atoms with Crippen LogP contribution in [-0.4, -0.2) is 31.4 Å². The van der Waals surface area contributed by atoms with Crippen molar-refractivity contribution in [2.75, 3.05) is 24.5 Å². The summed E-state index contributed by atoms with van der Waals surface area (Å²) in [5.74, 6) is 0.144. The van der Waals surface area contributed by atoms with Gasteiger partial charge in [-0.1, -0.05) is 48.9 Å². The third-order valence-corrected chi connectivity index (χ3v) is 5.39. The molecule has 2 aromatic carbocycles. The number of benzene rings is 2. The number of rotatable bonds is 14. The molecule has 0 fully saturated rings. The van der Waals surface area contributed by atoms with Crippen molar-refractivity contribution >= 4 is 17.5 Å². The second-order valence-corrected chi connectivity index (χ2v) is 8.54. The molecular weight excluding hydrogens is 414 g/mol. The van der Waals surface area contributed by atoms with Crippen LogP contribution in [0.4, 0.5) is 5.69 Å². The fraction of sp³-hybridized carbons (Fsp3) is 0.407. The average molecular weight is 452 g/mol. The van der Waals surface area contributed by atoms with Gasteiger partial charge in [0.1, 0.15) is 12.4 Å². The second-order valence-electron chi connectivity index (χ2n) is 8.54. The zero-order valence-electron chi connectivity index (χ0n) is 20.0. The smallest absolute Gasteiger partial charge is 0.220 e. The molecule has 2 rings (SSSR count). The summed E-state index contributed by atoms with van der Waals surface area (Å²) in [7, 11) is 0. The molecular formula is C27H37N3O3. The summed E-state index contributed by atoms with van der Waals surface area (Å²) in [5.41, 5.74) is 8.76. The van der Waals surface area contributed by atoms with Crippen molar-refractivity contribution in [2.24, 2.45) is 11.7 Å². The number of amides is 2. The van der Waals surface area contributed by atoms with Crippen molar-refractivity contribution in [3.63, 3.8) is 0 Å². The van der Waals surface area contributed by atoms with E-state index < -0.39 is 0 Å². The van der Waals surface area contributed by atoms with Crippen LogP contribution in [0.2, 0.25) is 0 Å². The van der Waals surface area contributed by atoms with Crippen LogP contribution in [0.15, 0.2) is 66.2 Å². The van der Waals surface area contributed by atoms with E-state index >= 15 is 0 Å². The Labute approximate surface area is 197 Å². The van der Waals surface area contributed by atoms with Crippen molar-refractivity contribution in [2.45, 2.75) is 46.6 Å². The Bertz CT molecular complexity index is 891. The molecule has 0 aromatic heterocycles. The molecule has 6 heteroatoms. The number of hydrogen-bond donors (Lipinski definition) is 2. The maximum Gasteiger partial charge on any atom is 0.220 e. The van der Waals surface area contributed by atoms with E-state index in [0.29, 0.717) is 26.0 Å². The minimum atomic E-state index is -0.366. The quantitative estimate of drug-likeness (QED) is 0.328. The van der Waals surface area contributed by atoms with Crippen LogP contribution in [0.3, 0.4) is 0 Å². The lowest BCUT2D eigenvalue weighted by molar-refractivity contribution is -0.123. The number of ether oxygens (including phenoxy) is 1. The van der Waals surface area contributed by atoms with E-state index in [-0.39, 0.29) is 17.7 Å². The first kappa shape index (κ1) is 26.0. The molecule has 0 heterocycles. The molecule has 0 saturated carbocycles. The van der Waals surface area contributed by atoms with Crippen LogP contribution in [-0.2, 0) is 16.2 Å². The molecule has 1 atom stereocenters. The third-order valence-electron chi connectivity index (χ3n) is 5.39. The molecule has 0 aliphatic rings. The normalized spacial score (nSPS) is 11.4. The van der Waals surface area contributed by atoms with Gasteiger partial charge in [-0.15, -0.1) is 0 Å². The van der Waals surface area contributed by atoms with E-state index in [4.69, 9.17) is 10.5 Å². The van der Waals surface area contributed by atoms with Gasteiger partial charge in [-0.05, 0) is 56.5 Å². The maximum atomic E-state index is 12.0. The second kappa shape index (κ2) is 14.0.